The molecule has 0 saturated carbocycles. The van der Waals surface area contributed by atoms with Crippen molar-refractivity contribution in [1.29, 1.82) is 0 Å². The Morgan fingerprint density at radius 3 is 2.38 bits per heavy atom. The smallest absolute Gasteiger partial charge is 0.234 e. The predicted octanol–water partition coefficient (Wildman–Crippen LogP) is 6.04. The van der Waals surface area contributed by atoms with Gasteiger partial charge in [0.1, 0.15) is 5.58 Å². The molecule has 7 rings (SSSR count). The number of amides is 1. The number of carbonyl (C=O) groups excluding carboxylic acids is 1. The fourth-order valence-corrected chi connectivity index (χ4v) is 6.71. The molecule has 0 N–H and O–H groups in total. The summed E-state index contributed by atoms with van der Waals surface area (Å²) in [5.41, 5.74) is 3.15. The number of β-lactam (4-membered cyclic amide) rings is 1. The molecule has 0 spiro atoms. The zero-order chi connectivity index (χ0) is 25.3. The van der Waals surface area contributed by atoms with E-state index in [9.17, 15) is 9.59 Å². The molecule has 6 nitrogen and oxygen atoms in total. The predicted molar refractivity (Wildman–Crippen MR) is 150 cm³/mol. The largest absolute Gasteiger partial charge is 0.440 e. The van der Waals surface area contributed by atoms with Gasteiger partial charge in [-0.15, -0.1) is 11.3 Å². The third-order valence-electron chi connectivity index (χ3n) is 7.52. The Morgan fingerprint density at radius 2 is 1.62 bits per heavy atom. The van der Waals surface area contributed by atoms with E-state index in [-0.39, 0.29) is 16.8 Å². The number of anilines is 2. The van der Waals surface area contributed by atoms with E-state index >= 15 is 0 Å². The summed E-state index contributed by atoms with van der Waals surface area (Å²) in [4.78, 5) is 29.7. The second-order valence-electron chi connectivity index (χ2n) is 10.5. The normalized spacial score (nSPS) is 17.6. The van der Waals surface area contributed by atoms with Gasteiger partial charge in [-0.3, -0.25) is 9.59 Å². The van der Waals surface area contributed by atoms with Gasteiger partial charge in [-0.2, -0.15) is 0 Å². The molecule has 186 valence electrons. The molecule has 0 atom stereocenters. The van der Waals surface area contributed by atoms with Gasteiger partial charge in [-0.05, 0) is 38.1 Å². The minimum Gasteiger partial charge on any atom is -0.440 e. The number of carbonyl (C=O) groups is 1. The molecule has 5 aromatic rings. The molecule has 0 aliphatic carbocycles. The van der Waals surface area contributed by atoms with Crippen LogP contribution in [-0.4, -0.2) is 38.8 Å². The van der Waals surface area contributed by atoms with Crippen LogP contribution >= 0.6 is 11.3 Å². The zero-order valence-corrected chi connectivity index (χ0v) is 21.6. The molecule has 2 aromatic heterocycles. The third-order valence-corrected chi connectivity index (χ3v) is 8.74. The lowest BCUT2D eigenvalue weighted by Crippen LogP contribution is -2.58. The lowest BCUT2D eigenvalue weighted by molar-refractivity contribution is -0.132. The molecule has 0 radical (unpaired) electrons. The summed E-state index contributed by atoms with van der Waals surface area (Å²) in [7, 11) is 0. The van der Waals surface area contributed by atoms with E-state index in [1.165, 1.54) is 0 Å². The molecule has 2 aliphatic rings. The van der Waals surface area contributed by atoms with Crippen LogP contribution in [0.4, 0.5) is 11.6 Å². The molecule has 0 bridgehead atoms. The van der Waals surface area contributed by atoms with E-state index < -0.39 is 0 Å². The quantitative estimate of drug-likeness (QED) is 0.277. The van der Waals surface area contributed by atoms with Crippen molar-refractivity contribution in [3.8, 4) is 11.1 Å². The maximum atomic E-state index is 13.1. The van der Waals surface area contributed by atoms with Crippen molar-refractivity contribution in [2.24, 2.45) is 5.41 Å². The number of thiophene rings is 1. The van der Waals surface area contributed by atoms with Crippen molar-refractivity contribution in [2.75, 3.05) is 42.6 Å². The minimum absolute atomic E-state index is 0.0418. The van der Waals surface area contributed by atoms with Crippen LogP contribution in [-0.2, 0) is 9.53 Å². The van der Waals surface area contributed by atoms with Crippen molar-refractivity contribution in [1.82, 2.24) is 0 Å². The number of nitrogens with zero attached hydrogens (tertiary/aromatic N) is 2. The highest BCUT2D eigenvalue weighted by Crippen LogP contribution is 2.44. The lowest BCUT2D eigenvalue weighted by atomic mass is 9.82. The van der Waals surface area contributed by atoms with Crippen molar-refractivity contribution >= 4 is 60.0 Å². The van der Waals surface area contributed by atoms with Gasteiger partial charge in [-0.25, -0.2) is 0 Å². The average Bonchev–Trinajstić information content (AvgIpc) is 3.30. The van der Waals surface area contributed by atoms with E-state index in [0.717, 1.165) is 43.5 Å². The second-order valence-corrected chi connectivity index (χ2v) is 11.5. The number of para-hydroxylation sites is 1. The summed E-state index contributed by atoms with van der Waals surface area (Å²) in [6.45, 7) is 7.33. The fourth-order valence-electron chi connectivity index (χ4n) is 5.50. The van der Waals surface area contributed by atoms with Crippen molar-refractivity contribution in [2.45, 2.75) is 13.8 Å². The highest BCUT2D eigenvalue weighted by atomic mass is 32.1. The summed E-state index contributed by atoms with van der Waals surface area (Å²) in [5, 5.41) is 2.84. The van der Waals surface area contributed by atoms with Crippen molar-refractivity contribution in [3.63, 3.8) is 0 Å². The Kier molecular flexibility index (Phi) is 4.97. The minimum atomic E-state index is -0.294. The summed E-state index contributed by atoms with van der Waals surface area (Å²) < 4.78 is 14.2. The van der Waals surface area contributed by atoms with Crippen molar-refractivity contribution in [3.05, 3.63) is 70.9 Å². The number of fused-ring (bicyclic) bond motifs is 4. The Bertz CT molecular complexity index is 1780. The molecule has 3 aromatic carbocycles. The van der Waals surface area contributed by atoms with E-state index in [1.807, 2.05) is 43.0 Å². The van der Waals surface area contributed by atoms with Crippen LogP contribution in [0.1, 0.15) is 13.8 Å². The lowest BCUT2D eigenvalue weighted by Gasteiger charge is -2.44. The zero-order valence-electron chi connectivity index (χ0n) is 20.7. The average molecular weight is 511 g/mol. The summed E-state index contributed by atoms with van der Waals surface area (Å²) in [5.74, 6) is 0.748. The first-order chi connectivity index (χ1) is 17.9. The Hall–Kier alpha value is -3.68. The van der Waals surface area contributed by atoms with Gasteiger partial charge in [-0.1, -0.05) is 30.3 Å². The first kappa shape index (κ1) is 22.5. The van der Waals surface area contributed by atoms with Gasteiger partial charge in [0.2, 0.25) is 5.91 Å². The summed E-state index contributed by atoms with van der Waals surface area (Å²) in [6.07, 6.45) is 0. The molecular weight excluding hydrogens is 484 g/mol. The fraction of sp³-hybridized carbons (Fsp3) is 0.267. The Labute approximate surface area is 217 Å². The van der Waals surface area contributed by atoms with Crippen LogP contribution in [0, 0.1) is 5.41 Å². The van der Waals surface area contributed by atoms with E-state index in [4.69, 9.17) is 9.15 Å². The van der Waals surface area contributed by atoms with Gasteiger partial charge in [0.15, 0.2) is 11.3 Å². The van der Waals surface area contributed by atoms with Crippen LogP contribution in [0.15, 0.2) is 69.9 Å². The Morgan fingerprint density at radius 1 is 0.865 bits per heavy atom. The van der Waals surface area contributed by atoms with Gasteiger partial charge < -0.3 is 19.0 Å². The van der Waals surface area contributed by atoms with Gasteiger partial charge in [0.05, 0.1) is 24.0 Å². The number of rotatable bonds is 3. The maximum Gasteiger partial charge on any atom is 0.234 e. The molecule has 7 heteroatoms. The number of benzene rings is 3. The van der Waals surface area contributed by atoms with Crippen LogP contribution in [0.25, 0.3) is 42.3 Å². The molecule has 0 unspecified atom stereocenters. The summed E-state index contributed by atoms with van der Waals surface area (Å²) in [6, 6.07) is 19.9. The SMILES string of the molecule is CC1(C)CN(c2ccc3sc4c(-c5cccc6c(=O)cc(N7CCOCC7)oc56)cccc4c3c2)C1=O. The standard InChI is InChI=1S/C30H26N2O4S/c1-30(2)17-32(29(30)34)18-9-10-25-23(15-18)21-7-4-6-20(28(21)37-25)19-5-3-8-22-24(33)16-26(36-27(19)22)31-11-13-35-14-12-31/h3-10,15-16H,11-14,17H2,1-2H3. The molecule has 2 aliphatic heterocycles. The molecule has 4 heterocycles. The molecule has 37 heavy (non-hydrogen) atoms. The number of morpholine rings is 1. The number of ether oxygens (including phenoxy) is 1. The number of hydrogen-bond donors (Lipinski definition) is 0. The Balaban J connectivity index is 1.39. The van der Waals surface area contributed by atoms with E-state index in [2.05, 4.69) is 35.2 Å². The second kappa shape index (κ2) is 8.16. The molecule has 1 amide bonds. The van der Waals surface area contributed by atoms with E-state index in [1.54, 1.807) is 17.4 Å². The van der Waals surface area contributed by atoms with Crippen LogP contribution in [0.5, 0.6) is 0 Å². The highest BCUT2D eigenvalue weighted by molar-refractivity contribution is 7.26. The monoisotopic (exact) mass is 510 g/mol. The third kappa shape index (κ3) is 3.49. The van der Waals surface area contributed by atoms with Gasteiger partial charge in [0.25, 0.3) is 0 Å². The topological polar surface area (TPSA) is 63.0 Å². The van der Waals surface area contributed by atoms with Gasteiger partial charge >= 0.3 is 0 Å². The van der Waals surface area contributed by atoms with Crippen molar-refractivity contribution < 1.29 is 13.9 Å². The maximum absolute atomic E-state index is 13.1. The summed E-state index contributed by atoms with van der Waals surface area (Å²) >= 11 is 1.72. The number of hydrogen-bond acceptors (Lipinski definition) is 6. The van der Waals surface area contributed by atoms with Crippen LogP contribution in [0.3, 0.4) is 0 Å². The molecular formula is C30H26N2O4S. The van der Waals surface area contributed by atoms with Crippen LogP contribution in [0.2, 0.25) is 0 Å². The highest BCUT2D eigenvalue weighted by Gasteiger charge is 2.44. The first-order valence-corrected chi connectivity index (χ1v) is 13.4. The first-order valence-electron chi connectivity index (χ1n) is 12.6. The molecule has 2 saturated heterocycles. The van der Waals surface area contributed by atoms with Crippen LogP contribution < -0.4 is 15.2 Å². The van der Waals surface area contributed by atoms with E-state index in [0.29, 0.717) is 43.2 Å². The molecule has 2 fully saturated rings. The van der Waals surface area contributed by atoms with Gasteiger partial charge in [0, 0.05) is 62.7 Å².